The average molecular weight is 675 g/mol. The van der Waals surface area contributed by atoms with Crippen molar-refractivity contribution in [2.45, 2.75) is 64.1 Å². The van der Waals surface area contributed by atoms with Crippen LogP contribution in [0.3, 0.4) is 0 Å². The minimum absolute atomic E-state index is 0.0509. The number of piperidine rings is 2. The molecule has 0 bridgehead atoms. The fraction of sp³-hybridized carbons (Fsp3) is 0.368. The smallest absolute Gasteiger partial charge is 0.270 e. The number of carbonyl (C=O) groups excluding carboxylic acids is 3. The molecular weight excluding hydrogens is 632 g/mol. The number of hydrogen-bond donors (Lipinski definition) is 4. The topological polar surface area (TPSA) is 152 Å². The predicted molar refractivity (Wildman–Crippen MR) is 193 cm³/mol. The van der Waals surface area contributed by atoms with E-state index in [2.05, 4.69) is 46.8 Å². The van der Waals surface area contributed by atoms with E-state index in [1.165, 1.54) is 5.57 Å². The molecule has 3 aliphatic rings. The fourth-order valence-electron chi connectivity index (χ4n) is 6.98. The lowest BCUT2D eigenvalue weighted by Gasteiger charge is -2.34. The van der Waals surface area contributed by atoms with Gasteiger partial charge in [-0.3, -0.25) is 39.4 Å². The molecular formula is C38H42N8O4. The molecule has 1 aromatic carbocycles. The molecule has 6 heterocycles. The van der Waals surface area contributed by atoms with E-state index in [9.17, 15) is 19.2 Å². The number of carbonyl (C=O) groups is 3. The van der Waals surface area contributed by atoms with E-state index in [4.69, 9.17) is 0 Å². The van der Waals surface area contributed by atoms with Gasteiger partial charge < -0.3 is 20.5 Å². The Morgan fingerprint density at radius 3 is 2.56 bits per heavy atom. The highest BCUT2D eigenvalue weighted by atomic mass is 16.2. The molecule has 258 valence electrons. The highest BCUT2D eigenvalue weighted by Gasteiger charge is 2.27. The number of rotatable bonds is 9. The minimum Gasteiger partial charge on any atom is -0.374 e. The standard InChI is InChI=1S/C38H42N8O4/c1-2-25-19-33-34(43-36(25)48)18-24(21-39-33)23-45-14-10-26(11-15-45)27-6-7-31(40-22-27)37(49)42-28-12-16-46(17-13-28)30-5-3-4-29(20-30)41-32-8-9-35(47)44-38(32)50/h3-7,10,18-22,28,32,41H,2,8-9,11-17,23H2,1H3,(H,42,49)(H,43,48)(H,44,47,50). The summed E-state index contributed by atoms with van der Waals surface area (Å²) in [6, 6.07) is 15.3. The van der Waals surface area contributed by atoms with Crippen molar-refractivity contribution in [3.05, 3.63) is 99.7 Å². The normalized spacial score (nSPS) is 18.9. The summed E-state index contributed by atoms with van der Waals surface area (Å²) in [6.45, 7) is 5.97. The van der Waals surface area contributed by atoms with Gasteiger partial charge in [-0.1, -0.05) is 25.1 Å². The molecule has 2 fully saturated rings. The van der Waals surface area contributed by atoms with E-state index >= 15 is 0 Å². The lowest BCUT2D eigenvalue weighted by Crippen LogP contribution is -2.47. The van der Waals surface area contributed by atoms with Gasteiger partial charge in [0.2, 0.25) is 11.8 Å². The summed E-state index contributed by atoms with van der Waals surface area (Å²) < 4.78 is 0. The van der Waals surface area contributed by atoms with Crippen LogP contribution in [0.5, 0.6) is 0 Å². The van der Waals surface area contributed by atoms with Crippen LogP contribution in [-0.4, -0.2) is 75.8 Å². The van der Waals surface area contributed by atoms with E-state index in [-0.39, 0.29) is 29.3 Å². The van der Waals surface area contributed by atoms with Crippen molar-refractivity contribution in [1.82, 2.24) is 30.5 Å². The van der Waals surface area contributed by atoms with Gasteiger partial charge in [0.15, 0.2) is 0 Å². The molecule has 0 aliphatic carbocycles. The summed E-state index contributed by atoms with van der Waals surface area (Å²) in [5, 5.41) is 8.82. The molecule has 50 heavy (non-hydrogen) atoms. The Morgan fingerprint density at radius 1 is 0.960 bits per heavy atom. The van der Waals surface area contributed by atoms with E-state index in [1.54, 1.807) is 12.3 Å². The van der Waals surface area contributed by atoms with Gasteiger partial charge in [-0.25, -0.2) is 0 Å². The molecule has 1 atom stereocenters. The molecule has 0 saturated carbocycles. The van der Waals surface area contributed by atoms with Crippen molar-refractivity contribution in [3.63, 3.8) is 0 Å². The zero-order valence-corrected chi connectivity index (χ0v) is 28.2. The van der Waals surface area contributed by atoms with Gasteiger partial charge in [0.25, 0.3) is 11.5 Å². The van der Waals surface area contributed by atoms with Crippen LogP contribution in [0.15, 0.2) is 71.8 Å². The zero-order chi connectivity index (χ0) is 34.6. The number of H-pyrrole nitrogens is 1. The first-order chi connectivity index (χ1) is 24.3. The number of imide groups is 1. The van der Waals surface area contributed by atoms with Crippen LogP contribution in [0.4, 0.5) is 11.4 Å². The number of amides is 3. The highest BCUT2D eigenvalue weighted by molar-refractivity contribution is 6.01. The minimum atomic E-state index is -0.425. The number of anilines is 2. The molecule has 12 heteroatoms. The van der Waals surface area contributed by atoms with Gasteiger partial charge in [0.05, 0.1) is 11.0 Å². The van der Waals surface area contributed by atoms with Crippen LogP contribution < -0.4 is 26.4 Å². The van der Waals surface area contributed by atoms with Crippen LogP contribution >= 0.6 is 0 Å². The second-order valence-corrected chi connectivity index (χ2v) is 13.3. The van der Waals surface area contributed by atoms with Crippen LogP contribution in [0, 0.1) is 0 Å². The molecule has 1 unspecified atom stereocenters. The third kappa shape index (κ3) is 7.60. The van der Waals surface area contributed by atoms with Crippen molar-refractivity contribution in [2.75, 3.05) is 36.4 Å². The summed E-state index contributed by atoms with van der Waals surface area (Å²) in [5.74, 6) is -0.678. The Labute approximate surface area is 290 Å². The molecule has 3 amide bonds. The van der Waals surface area contributed by atoms with Gasteiger partial charge in [-0.05, 0) is 85.2 Å². The maximum Gasteiger partial charge on any atom is 0.270 e. The quantitative estimate of drug-likeness (QED) is 0.194. The predicted octanol–water partition coefficient (Wildman–Crippen LogP) is 3.79. The Bertz CT molecular complexity index is 2000. The second kappa shape index (κ2) is 14.6. The number of aromatic nitrogens is 3. The van der Waals surface area contributed by atoms with Gasteiger partial charge in [-0.2, -0.15) is 0 Å². The molecule has 2 saturated heterocycles. The van der Waals surface area contributed by atoms with Crippen molar-refractivity contribution >= 4 is 45.7 Å². The summed E-state index contributed by atoms with van der Waals surface area (Å²) in [6.07, 6.45) is 9.89. The Morgan fingerprint density at radius 2 is 1.82 bits per heavy atom. The monoisotopic (exact) mass is 674 g/mol. The van der Waals surface area contributed by atoms with Crippen molar-refractivity contribution in [3.8, 4) is 0 Å². The zero-order valence-electron chi connectivity index (χ0n) is 28.2. The Hall–Kier alpha value is -5.36. The maximum absolute atomic E-state index is 13.1. The molecule has 12 nitrogen and oxygen atoms in total. The first kappa shape index (κ1) is 33.2. The van der Waals surface area contributed by atoms with Crippen molar-refractivity contribution < 1.29 is 14.4 Å². The third-order valence-electron chi connectivity index (χ3n) is 9.89. The van der Waals surface area contributed by atoms with Gasteiger partial charge in [-0.15, -0.1) is 0 Å². The molecule has 3 aliphatic heterocycles. The van der Waals surface area contributed by atoms with Gasteiger partial charge in [0.1, 0.15) is 11.7 Å². The number of fused-ring (bicyclic) bond motifs is 1. The molecule has 0 spiro atoms. The number of hydrogen-bond acceptors (Lipinski definition) is 9. The fourth-order valence-corrected chi connectivity index (χ4v) is 6.98. The van der Waals surface area contributed by atoms with E-state index in [0.717, 1.165) is 91.1 Å². The first-order valence-corrected chi connectivity index (χ1v) is 17.5. The van der Waals surface area contributed by atoms with Gasteiger partial charge in [0, 0.05) is 74.5 Å². The number of nitrogens with one attached hydrogen (secondary N) is 4. The van der Waals surface area contributed by atoms with E-state index in [0.29, 0.717) is 25.0 Å². The molecule has 3 aromatic heterocycles. The largest absolute Gasteiger partial charge is 0.374 e. The summed E-state index contributed by atoms with van der Waals surface area (Å²) >= 11 is 0. The van der Waals surface area contributed by atoms with Crippen molar-refractivity contribution in [2.24, 2.45) is 0 Å². The van der Waals surface area contributed by atoms with Crippen LogP contribution in [0.25, 0.3) is 16.6 Å². The number of pyridine rings is 3. The number of benzene rings is 1. The van der Waals surface area contributed by atoms with Gasteiger partial charge >= 0.3 is 0 Å². The maximum atomic E-state index is 13.1. The average Bonchev–Trinajstić information content (AvgIpc) is 3.13. The van der Waals surface area contributed by atoms with E-state index < -0.39 is 6.04 Å². The third-order valence-corrected chi connectivity index (χ3v) is 9.89. The van der Waals surface area contributed by atoms with Crippen LogP contribution in [0.1, 0.15) is 66.2 Å². The molecule has 0 radical (unpaired) electrons. The van der Waals surface area contributed by atoms with E-state index in [1.807, 2.05) is 55.6 Å². The van der Waals surface area contributed by atoms with Crippen LogP contribution in [-0.2, 0) is 22.6 Å². The Balaban J connectivity index is 0.881. The summed E-state index contributed by atoms with van der Waals surface area (Å²) in [7, 11) is 0. The molecule has 7 rings (SSSR count). The Kier molecular flexibility index (Phi) is 9.70. The summed E-state index contributed by atoms with van der Waals surface area (Å²) in [4.78, 5) is 65.7. The lowest BCUT2D eigenvalue weighted by molar-refractivity contribution is -0.133. The van der Waals surface area contributed by atoms with Crippen LogP contribution in [0.2, 0.25) is 0 Å². The molecule has 4 N–H and O–H groups in total. The molecule has 4 aromatic rings. The lowest BCUT2D eigenvalue weighted by atomic mass is 10.00. The highest BCUT2D eigenvalue weighted by Crippen LogP contribution is 2.26. The first-order valence-electron chi connectivity index (χ1n) is 17.5. The SMILES string of the molecule is CCc1cc2ncc(CN3CC=C(c4ccc(C(=O)NC5CCN(c6cccc(NC7CCC(=O)NC7=O)c6)CC5)nc4)CC3)cc2[nH]c1=O. The second-order valence-electron chi connectivity index (χ2n) is 13.3. The van der Waals surface area contributed by atoms with Crippen molar-refractivity contribution in [1.29, 1.82) is 0 Å². The number of aryl methyl sites for hydroxylation is 1. The summed E-state index contributed by atoms with van der Waals surface area (Å²) in [5.41, 5.74) is 7.88. The number of nitrogens with zero attached hydrogens (tertiary/aromatic N) is 4. The number of aromatic amines is 1.